The van der Waals surface area contributed by atoms with Gasteiger partial charge in [-0.15, -0.1) is 60.7 Å². The van der Waals surface area contributed by atoms with Gasteiger partial charge in [-0.25, -0.2) is 0 Å². The molecule has 36 heavy (non-hydrogen) atoms. The Morgan fingerprint density at radius 2 is 0.556 bits per heavy atom. The van der Waals surface area contributed by atoms with Gasteiger partial charge in [0.2, 0.25) is 0 Å². The lowest BCUT2D eigenvalue weighted by Gasteiger charge is -2.27. The van der Waals surface area contributed by atoms with Crippen molar-refractivity contribution in [2.45, 2.75) is 0 Å². The van der Waals surface area contributed by atoms with Crippen LogP contribution in [0.4, 0.5) is 0 Å². The van der Waals surface area contributed by atoms with Crippen LogP contribution in [0.15, 0.2) is 0 Å². The molecule has 0 rings (SSSR count). The fourth-order valence-corrected chi connectivity index (χ4v) is 1.66. The maximum absolute atomic E-state index is 9.99. The fourth-order valence-electron chi connectivity index (χ4n) is 1.66. The van der Waals surface area contributed by atoms with Gasteiger partial charge in [0.15, 0.2) is 0 Å². The molecule has 0 unspecified atom stereocenters. The van der Waals surface area contributed by atoms with E-state index < -0.39 is 94.2 Å². The molecule has 0 amide bonds. The van der Waals surface area contributed by atoms with Gasteiger partial charge in [0.1, 0.15) is 39.6 Å². The van der Waals surface area contributed by atoms with Gasteiger partial charge in [0.05, 0.1) is 24.0 Å². The molecule has 0 aliphatic rings. The average Bonchev–Trinajstić information content (AvgIpc) is 2.78. The lowest BCUT2D eigenvalue weighted by atomic mass is 9.93. The average molecular weight is 542 g/mol. The summed E-state index contributed by atoms with van der Waals surface area (Å²) in [6.45, 7) is -7.01. The predicted octanol–water partition coefficient (Wildman–Crippen LogP) is -2.82. The highest BCUT2D eigenvalue weighted by molar-refractivity contribution is 4.77. The number of nitrogens with zero attached hydrogens (tertiary/aromatic N) is 6. The third kappa shape index (κ3) is 16.7. The Balaban J connectivity index is 0. The van der Waals surface area contributed by atoms with Crippen LogP contribution in [0, 0.1) is 71.5 Å². The molecule has 0 aromatic rings. The zero-order valence-corrected chi connectivity index (χ0v) is 17.6. The van der Waals surface area contributed by atoms with Crippen molar-refractivity contribution >= 4 is 0 Å². The van der Waals surface area contributed by atoms with Crippen molar-refractivity contribution in [1.82, 2.24) is 0 Å². The van der Waals surface area contributed by atoms with Crippen molar-refractivity contribution in [2.24, 2.45) is 10.8 Å². The van der Waals surface area contributed by atoms with Crippen LogP contribution in [-0.2, 0) is 29.0 Å². The van der Waals surface area contributed by atoms with Gasteiger partial charge < -0.3 is 39.2 Å². The number of hydrogen-bond acceptors (Lipinski definition) is 20. The Morgan fingerprint density at radius 3 is 0.639 bits per heavy atom. The number of aliphatic hydroxyl groups is 2. The third-order valence-corrected chi connectivity index (χ3v) is 3.53. The Morgan fingerprint density at radius 1 is 0.417 bits per heavy atom. The van der Waals surface area contributed by atoms with Crippen molar-refractivity contribution in [2.75, 3.05) is 52.9 Å². The zero-order valence-electron chi connectivity index (χ0n) is 17.6. The van der Waals surface area contributed by atoms with Crippen LogP contribution in [0.1, 0.15) is 0 Å². The van der Waals surface area contributed by atoms with Crippen LogP contribution in [0.2, 0.25) is 0 Å². The molecule has 0 saturated heterocycles. The predicted molar refractivity (Wildman–Crippen MR) is 96.7 cm³/mol. The summed E-state index contributed by atoms with van der Waals surface area (Å²) in [6.07, 6.45) is 0. The summed E-state index contributed by atoms with van der Waals surface area (Å²) in [6, 6.07) is 0. The molecule has 0 radical (unpaired) electrons. The molecular weight excluding hydrogens is 524 g/mol. The molecule has 0 aliphatic heterocycles. The Hall–Kier alpha value is -4.88. The van der Waals surface area contributed by atoms with Gasteiger partial charge in [-0.2, -0.15) is 0 Å². The van der Waals surface area contributed by atoms with E-state index in [1.165, 1.54) is 0 Å². The fraction of sp³-hybridized carbons (Fsp3) is 1.00. The van der Waals surface area contributed by atoms with Crippen LogP contribution < -0.4 is 0 Å². The number of aliphatic hydroxyl groups excluding tert-OH is 2. The van der Waals surface area contributed by atoms with Crippen molar-refractivity contribution < 1.29 is 69.8 Å². The summed E-state index contributed by atoms with van der Waals surface area (Å²) in [5, 5.41) is 70.6. The van der Waals surface area contributed by atoms with E-state index in [1.54, 1.807) is 0 Å². The van der Waals surface area contributed by atoms with Crippen LogP contribution in [0.25, 0.3) is 0 Å². The summed E-state index contributed by atoms with van der Waals surface area (Å²) in [5.74, 6) is 0. The molecule has 0 aromatic heterocycles. The van der Waals surface area contributed by atoms with E-state index in [-0.39, 0.29) is 0 Å². The van der Waals surface area contributed by atoms with Gasteiger partial charge in [-0.05, 0) is 0 Å². The largest absolute Gasteiger partial charge is 0.396 e. The molecule has 208 valence electrons. The molecule has 0 spiro atoms. The maximum atomic E-state index is 9.99. The lowest BCUT2D eigenvalue weighted by Crippen LogP contribution is -2.42. The standard InChI is InChI=1S/2C5H9N3O10/c2*9-1-5(2-16-6(10)11,3-17-7(12)13)4-18-8(14)15/h2*9H,1-4H2. The van der Waals surface area contributed by atoms with Crippen molar-refractivity contribution in [3.63, 3.8) is 0 Å². The van der Waals surface area contributed by atoms with Crippen LogP contribution in [-0.4, -0.2) is 93.6 Å². The Bertz CT molecular complexity index is 608. The van der Waals surface area contributed by atoms with E-state index >= 15 is 0 Å². The first kappa shape index (κ1) is 33.3. The normalized spacial score (nSPS) is 10.5. The molecule has 26 nitrogen and oxygen atoms in total. The van der Waals surface area contributed by atoms with Gasteiger partial charge in [-0.3, -0.25) is 0 Å². The highest BCUT2D eigenvalue weighted by atomic mass is 17.0. The van der Waals surface area contributed by atoms with Gasteiger partial charge >= 0.3 is 0 Å². The lowest BCUT2D eigenvalue weighted by molar-refractivity contribution is -0.782. The molecular formula is C10H18N6O20. The van der Waals surface area contributed by atoms with E-state index in [9.17, 15) is 60.7 Å². The summed E-state index contributed by atoms with van der Waals surface area (Å²) in [7, 11) is 0. The topological polar surface area (TPSA) is 355 Å². The van der Waals surface area contributed by atoms with E-state index in [0.29, 0.717) is 0 Å². The quantitative estimate of drug-likeness (QED) is 0.116. The monoisotopic (exact) mass is 542 g/mol. The number of rotatable bonds is 20. The minimum Gasteiger partial charge on any atom is -0.396 e. The van der Waals surface area contributed by atoms with Crippen LogP contribution in [0.3, 0.4) is 0 Å². The smallest absolute Gasteiger partial charge is 0.294 e. The summed E-state index contributed by atoms with van der Waals surface area (Å²) in [5.41, 5.74) is -3.60. The second-order valence-corrected chi connectivity index (χ2v) is 6.30. The Kier molecular flexibility index (Phi) is 15.4. The summed E-state index contributed by atoms with van der Waals surface area (Å²) < 4.78 is 0. The molecule has 0 heterocycles. The highest BCUT2D eigenvalue weighted by Gasteiger charge is 2.35. The second-order valence-electron chi connectivity index (χ2n) is 6.30. The number of hydrogen-bond donors (Lipinski definition) is 2. The van der Waals surface area contributed by atoms with E-state index in [0.717, 1.165) is 0 Å². The molecule has 0 saturated carbocycles. The first-order chi connectivity index (χ1) is 16.6. The Labute approximate surface area is 195 Å². The SMILES string of the molecule is O=[N+]([O-])OCC(CO)(CO[N+](=O)[O-])CO[N+](=O)[O-].O=[N+]([O-])OCC(CO)(CO[N+](=O)[O-])CO[N+](=O)[O-]. The minimum atomic E-state index is -1.80. The molecule has 0 aliphatic carbocycles. The molecule has 0 atom stereocenters. The van der Waals surface area contributed by atoms with E-state index in [2.05, 4.69) is 29.0 Å². The summed E-state index contributed by atoms with van der Waals surface area (Å²) >= 11 is 0. The molecule has 0 fully saturated rings. The third-order valence-electron chi connectivity index (χ3n) is 3.53. The minimum absolute atomic E-state index is 0.863. The molecule has 26 heteroatoms. The molecule has 0 aromatic carbocycles. The maximum Gasteiger partial charge on any atom is 0.294 e. The first-order valence-corrected chi connectivity index (χ1v) is 8.48. The van der Waals surface area contributed by atoms with Crippen LogP contribution in [0.5, 0.6) is 0 Å². The van der Waals surface area contributed by atoms with E-state index in [1.807, 2.05) is 0 Å². The van der Waals surface area contributed by atoms with Gasteiger partial charge in [0, 0.05) is 0 Å². The van der Waals surface area contributed by atoms with Crippen LogP contribution >= 0.6 is 0 Å². The highest BCUT2D eigenvalue weighted by Crippen LogP contribution is 2.20. The first-order valence-electron chi connectivity index (χ1n) is 8.48. The van der Waals surface area contributed by atoms with Gasteiger partial charge in [0.25, 0.3) is 30.5 Å². The van der Waals surface area contributed by atoms with E-state index in [4.69, 9.17) is 10.2 Å². The zero-order chi connectivity index (χ0) is 28.4. The molecule has 2 N–H and O–H groups in total. The van der Waals surface area contributed by atoms with Crippen molar-refractivity contribution in [3.8, 4) is 0 Å². The van der Waals surface area contributed by atoms with Crippen molar-refractivity contribution in [3.05, 3.63) is 60.7 Å². The second kappa shape index (κ2) is 16.7. The van der Waals surface area contributed by atoms with Crippen molar-refractivity contribution in [1.29, 1.82) is 0 Å². The summed E-state index contributed by atoms with van der Waals surface area (Å²) in [4.78, 5) is 83.5. The van der Waals surface area contributed by atoms with Gasteiger partial charge in [-0.1, -0.05) is 0 Å². The molecule has 0 bridgehead atoms.